The molecule has 1 atom stereocenters. The van der Waals surface area contributed by atoms with Crippen LogP contribution in [-0.2, 0) is 14.3 Å². The van der Waals surface area contributed by atoms with Gasteiger partial charge >= 0.3 is 6.18 Å². The topological polar surface area (TPSA) is 87.7 Å². The summed E-state index contributed by atoms with van der Waals surface area (Å²) in [6.45, 7) is 2.89. The minimum Gasteiger partial charge on any atom is -0.370 e. The Hall–Kier alpha value is -3.36. The Labute approximate surface area is 191 Å². The monoisotopic (exact) mass is 479 g/mol. The van der Waals surface area contributed by atoms with E-state index in [9.17, 15) is 27.6 Å². The van der Waals surface area contributed by atoms with Crippen molar-refractivity contribution in [2.45, 2.75) is 25.6 Å². The van der Waals surface area contributed by atoms with Gasteiger partial charge in [-0.2, -0.15) is 13.2 Å². The van der Waals surface area contributed by atoms with Crippen molar-refractivity contribution in [3.63, 3.8) is 0 Å². The summed E-state index contributed by atoms with van der Waals surface area (Å²) >= 11 is 0.837. The minimum atomic E-state index is -5.09. The van der Waals surface area contributed by atoms with Crippen LogP contribution >= 0.6 is 11.3 Å². The van der Waals surface area contributed by atoms with Crippen LogP contribution in [-0.4, -0.2) is 49.2 Å². The van der Waals surface area contributed by atoms with Crippen molar-refractivity contribution in [2.75, 3.05) is 30.0 Å². The second-order valence-corrected chi connectivity index (χ2v) is 8.52. The molecule has 0 bridgehead atoms. The van der Waals surface area contributed by atoms with E-state index in [-0.39, 0.29) is 23.1 Å². The van der Waals surface area contributed by atoms with Crippen molar-refractivity contribution in [1.82, 2.24) is 5.32 Å². The fourth-order valence-corrected chi connectivity index (χ4v) is 3.86. The summed E-state index contributed by atoms with van der Waals surface area (Å²) in [4.78, 5) is 39.0. The lowest BCUT2D eigenvalue weighted by atomic mass is 9.99. The normalized spacial score (nSPS) is 16.0. The number of benzene rings is 1. The summed E-state index contributed by atoms with van der Waals surface area (Å²) in [5.41, 5.74) is -1.99. The Morgan fingerprint density at radius 3 is 2.55 bits per heavy atom. The van der Waals surface area contributed by atoms with Crippen LogP contribution in [0.25, 0.3) is 0 Å². The molecule has 3 rings (SSSR count). The third kappa shape index (κ3) is 5.02. The quantitative estimate of drug-likeness (QED) is 0.646. The van der Waals surface area contributed by atoms with E-state index in [1.165, 1.54) is 35.2 Å². The van der Waals surface area contributed by atoms with E-state index in [0.29, 0.717) is 36.2 Å². The molecule has 2 aromatic rings. The lowest BCUT2D eigenvalue weighted by molar-refractivity contribution is -0.190. The van der Waals surface area contributed by atoms with Gasteiger partial charge < -0.3 is 20.3 Å². The van der Waals surface area contributed by atoms with E-state index in [4.69, 9.17) is 11.2 Å². The molecule has 1 aliphatic heterocycles. The molecule has 1 unspecified atom stereocenters. The van der Waals surface area contributed by atoms with Crippen molar-refractivity contribution in [2.24, 2.45) is 0 Å². The molecule has 0 spiro atoms. The van der Waals surface area contributed by atoms with E-state index < -0.39 is 23.5 Å². The summed E-state index contributed by atoms with van der Waals surface area (Å²) in [5.74, 6) is -0.489. The standard InChI is InChI=1S/C22H20F3N3O4S/c1-4-15-6-8-17(33-15)19(30)27-21(3,22(23,24)25)20(31)26-14-5-7-16(13(2)11-14)28-9-10-32-12-18(28)29/h1,5-8,11H,9-10,12H2,2-3H3,(H,26,31)(H,27,30). The lowest BCUT2D eigenvalue weighted by Gasteiger charge is -2.31. The lowest BCUT2D eigenvalue weighted by Crippen LogP contribution is -2.63. The second-order valence-electron chi connectivity index (χ2n) is 7.44. The van der Waals surface area contributed by atoms with Gasteiger partial charge in [-0.15, -0.1) is 17.8 Å². The molecule has 1 fully saturated rings. The van der Waals surface area contributed by atoms with Crippen molar-refractivity contribution in [3.8, 4) is 12.3 Å². The zero-order chi connectivity index (χ0) is 24.4. The summed E-state index contributed by atoms with van der Waals surface area (Å²) in [6.07, 6.45) is 0.140. The summed E-state index contributed by atoms with van der Waals surface area (Å²) in [7, 11) is 0. The number of alkyl halides is 3. The first-order valence-corrected chi connectivity index (χ1v) is 10.5. The van der Waals surface area contributed by atoms with Gasteiger partial charge in [-0.05, 0) is 49.7 Å². The fourth-order valence-electron chi connectivity index (χ4n) is 3.15. The van der Waals surface area contributed by atoms with Crippen LogP contribution in [0.5, 0.6) is 0 Å². The number of terminal acetylenes is 1. The Kier molecular flexibility index (Phi) is 6.81. The first-order chi connectivity index (χ1) is 15.5. The van der Waals surface area contributed by atoms with E-state index in [1.807, 2.05) is 0 Å². The number of rotatable bonds is 5. The third-order valence-electron chi connectivity index (χ3n) is 5.09. The van der Waals surface area contributed by atoms with Crippen LogP contribution in [0.1, 0.15) is 27.0 Å². The smallest absolute Gasteiger partial charge is 0.370 e. The van der Waals surface area contributed by atoms with Crippen LogP contribution < -0.4 is 15.5 Å². The number of thiophene rings is 1. The summed E-state index contributed by atoms with van der Waals surface area (Å²) in [5, 5.41) is 4.00. The van der Waals surface area contributed by atoms with E-state index in [1.54, 1.807) is 12.2 Å². The number of amides is 3. The Morgan fingerprint density at radius 1 is 1.24 bits per heavy atom. The van der Waals surface area contributed by atoms with Gasteiger partial charge in [0, 0.05) is 17.9 Å². The third-order valence-corrected chi connectivity index (χ3v) is 6.10. The SMILES string of the molecule is C#Cc1ccc(C(=O)NC(C)(C(=O)Nc2ccc(N3CCOCC3=O)c(C)c2)C(F)(F)F)s1. The van der Waals surface area contributed by atoms with Gasteiger partial charge in [-0.1, -0.05) is 5.92 Å². The number of nitrogens with one attached hydrogen (secondary N) is 2. The van der Waals surface area contributed by atoms with Crippen molar-refractivity contribution in [3.05, 3.63) is 45.6 Å². The molecule has 1 aromatic carbocycles. The van der Waals surface area contributed by atoms with Gasteiger partial charge in [0.05, 0.1) is 16.4 Å². The van der Waals surface area contributed by atoms with Crippen molar-refractivity contribution in [1.29, 1.82) is 0 Å². The highest BCUT2D eigenvalue weighted by atomic mass is 32.1. The van der Waals surface area contributed by atoms with E-state index in [0.717, 1.165) is 11.3 Å². The van der Waals surface area contributed by atoms with Gasteiger partial charge in [-0.25, -0.2) is 0 Å². The van der Waals surface area contributed by atoms with E-state index >= 15 is 0 Å². The molecule has 7 nitrogen and oxygen atoms in total. The zero-order valence-corrected chi connectivity index (χ0v) is 18.5. The Balaban J connectivity index is 1.81. The Morgan fingerprint density at radius 2 is 1.97 bits per heavy atom. The number of carbonyl (C=O) groups is 3. The number of halogens is 3. The molecule has 33 heavy (non-hydrogen) atoms. The highest BCUT2D eigenvalue weighted by Crippen LogP contribution is 2.33. The number of hydrogen-bond acceptors (Lipinski definition) is 5. The molecule has 1 aromatic heterocycles. The molecule has 1 saturated heterocycles. The predicted molar refractivity (Wildman–Crippen MR) is 117 cm³/mol. The molecule has 1 aliphatic rings. The highest BCUT2D eigenvalue weighted by molar-refractivity contribution is 7.14. The molecule has 2 N–H and O–H groups in total. The molecule has 0 saturated carbocycles. The van der Waals surface area contributed by atoms with E-state index in [2.05, 4.69) is 11.2 Å². The molecular formula is C22H20F3N3O4S. The molecule has 0 aliphatic carbocycles. The molecule has 3 amide bonds. The van der Waals surface area contributed by atoms with Gasteiger partial charge in [0.2, 0.25) is 5.54 Å². The second kappa shape index (κ2) is 9.25. The first kappa shape index (κ1) is 24.3. The Bertz CT molecular complexity index is 1140. The molecule has 11 heteroatoms. The minimum absolute atomic E-state index is 0.0541. The largest absolute Gasteiger partial charge is 0.420 e. The summed E-state index contributed by atoms with van der Waals surface area (Å²) < 4.78 is 46.7. The number of nitrogens with zero attached hydrogens (tertiary/aromatic N) is 1. The average molecular weight is 479 g/mol. The van der Waals surface area contributed by atoms with Gasteiger partial charge in [0.1, 0.15) is 6.61 Å². The molecule has 0 radical (unpaired) electrons. The van der Waals surface area contributed by atoms with Crippen molar-refractivity contribution >= 4 is 40.4 Å². The average Bonchev–Trinajstić information content (AvgIpc) is 3.23. The maximum absolute atomic E-state index is 13.9. The van der Waals surface area contributed by atoms with Gasteiger partial charge in [0.25, 0.3) is 17.7 Å². The number of anilines is 2. The maximum atomic E-state index is 13.9. The zero-order valence-electron chi connectivity index (χ0n) is 17.7. The molecule has 174 valence electrons. The number of ether oxygens (including phenoxy) is 1. The van der Waals surface area contributed by atoms with Gasteiger partial charge in [0.15, 0.2) is 0 Å². The van der Waals surface area contributed by atoms with Crippen LogP contribution in [0.4, 0.5) is 24.5 Å². The predicted octanol–water partition coefficient (Wildman–Crippen LogP) is 3.09. The van der Waals surface area contributed by atoms with Crippen molar-refractivity contribution < 1.29 is 32.3 Å². The van der Waals surface area contributed by atoms with Gasteiger partial charge in [-0.3, -0.25) is 14.4 Å². The number of aryl methyl sites for hydroxylation is 1. The maximum Gasteiger partial charge on any atom is 0.420 e. The van der Waals surface area contributed by atoms with Crippen LogP contribution in [0.2, 0.25) is 0 Å². The molecule has 2 heterocycles. The highest BCUT2D eigenvalue weighted by Gasteiger charge is 2.58. The summed E-state index contributed by atoms with van der Waals surface area (Å²) in [6, 6.07) is 7.09. The number of carbonyl (C=O) groups excluding carboxylic acids is 3. The van der Waals surface area contributed by atoms with Crippen LogP contribution in [0, 0.1) is 19.3 Å². The first-order valence-electron chi connectivity index (χ1n) is 9.72. The number of hydrogen-bond donors (Lipinski definition) is 2. The number of morpholine rings is 1. The molecular weight excluding hydrogens is 459 g/mol. The van der Waals surface area contributed by atoms with Crippen LogP contribution in [0.3, 0.4) is 0 Å². The fraction of sp³-hybridized carbons (Fsp3) is 0.318. The van der Waals surface area contributed by atoms with Crippen LogP contribution in [0.15, 0.2) is 30.3 Å².